The van der Waals surface area contributed by atoms with E-state index >= 15 is 0 Å². The van der Waals surface area contributed by atoms with Crippen LogP contribution in [0.1, 0.15) is 65.2 Å². The molecular weight excluding hydrogens is 224 g/mol. The lowest BCUT2D eigenvalue weighted by Gasteiger charge is -2.28. The van der Waals surface area contributed by atoms with Crippen molar-refractivity contribution in [1.82, 2.24) is 0 Å². The minimum Gasteiger partial charge on any atom is -0.466 e. The molecule has 2 rings (SSSR count). The fraction of sp³-hybridized carbons (Fsp3) is 0.812. The van der Waals surface area contributed by atoms with E-state index in [9.17, 15) is 4.79 Å². The Hall–Kier alpha value is -0.790. The summed E-state index contributed by atoms with van der Waals surface area (Å²) in [6.45, 7) is 4.66. The van der Waals surface area contributed by atoms with Crippen LogP contribution in [-0.4, -0.2) is 12.6 Å². The molecular formula is C16H26O2. The lowest BCUT2D eigenvalue weighted by Crippen LogP contribution is -2.18. The summed E-state index contributed by atoms with van der Waals surface area (Å²) in [6.07, 6.45) is 9.77. The first-order valence-corrected chi connectivity index (χ1v) is 7.57. The van der Waals surface area contributed by atoms with Gasteiger partial charge < -0.3 is 4.74 Å². The summed E-state index contributed by atoms with van der Waals surface area (Å²) in [5.74, 6) is 1.23. The number of carbonyl (C=O) groups is 1. The van der Waals surface area contributed by atoms with Gasteiger partial charge in [-0.3, -0.25) is 4.79 Å². The molecule has 0 spiro atoms. The van der Waals surface area contributed by atoms with Crippen molar-refractivity contribution >= 4 is 5.97 Å². The van der Waals surface area contributed by atoms with Gasteiger partial charge in [-0.2, -0.15) is 0 Å². The minimum absolute atomic E-state index is 0.00879. The van der Waals surface area contributed by atoms with E-state index in [0.717, 1.165) is 12.3 Å². The number of rotatable bonds is 4. The highest BCUT2D eigenvalue weighted by Gasteiger charge is 2.31. The van der Waals surface area contributed by atoms with Crippen LogP contribution in [-0.2, 0) is 9.53 Å². The maximum atomic E-state index is 11.7. The second-order valence-corrected chi connectivity index (χ2v) is 5.82. The zero-order chi connectivity index (χ0) is 13.0. The largest absolute Gasteiger partial charge is 0.466 e. The summed E-state index contributed by atoms with van der Waals surface area (Å²) < 4.78 is 5.11. The number of ether oxygens (including phenoxy) is 1. The van der Waals surface area contributed by atoms with Gasteiger partial charge in [-0.25, -0.2) is 0 Å². The third-order valence-corrected chi connectivity index (χ3v) is 4.56. The van der Waals surface area contributed by atoms with Crippen molar-refractivity contribution in [3.8, 4) is 0 Å². The highest BCUT2D eigenvalue weighted by atomic mass is 16.5. The van der Waals surface area contributed by atoms with Crippen molar-refractivity contribution < 1.29 is 9.53 Å². The normalized spacial score (nSPS) is 25.6. The van der Waals surface area contributed by atoms with Crippen LogP contribution in [0.15, 0.2) is 11.1 Å². The van der Waals surface area contributed by atoms with Gasteiger partial charge in [0.2, 0.25) is 0 Å². The number of hydrogen-bond donors (Lipinski definition) is 0. The van der Waals surface area contributed by atoms with E-state index in [2.05, 4.69) is 6.92 Å². The zero-order valence-corrected chi connectivity index (χ0v) is 11.8. The molecule has 0 aromatic rings. The average Bonchev–Trinajstić information content (AvgIpc) is 2.72. The van der Waals surface area contributed by atoms with E-state index in [1.54, 1.807) is 11.1 Å². The lowest BCUT2D eigenvalue weighted by atomic mass is 9.78. The first kappa shape index (κ1) is 13.6. The lowest BCUT2D eigenvalue weighted by molar-refractivity contribution is -0.144. The molecule has 2 heteroatoms. The van der Waals surface area contributed by atoms with E-state index in [0.29, 0.717) is 18.9 Å². The van der Waals surface area contributed by atoms with Crippen molar-refractivity contribution in [3.63, 3.8) is 0 Å². The third kappa shape index (κ3) is 3.15. The molecule has 102 valence electrons. The topological polar surface area (TPSA) is 26.3 Å². The molecule has 2 aliphatic rings. The van der Waals surface area contributed by atoms with Crippen LogP contribution in [0.4, 0.5) is 0 Å². The van der Waals surface area contributed by atoms with Crippen LogP contribution in [0.25, 0.3) is 0 Å². The van der Waals surface area contributed by atoms with Crippen LogP contribution in [0.2, 0.25) is 0 Å². The maximum Gasteiger partial charge on any atom is 0.306 e. The van der Waals surface area contributed by atoms with E-state index in [1.807, 2.05) is 6.92 Å². The van der Waals surface area contributed by atoms with E-state index in [1.165, 1.54) is 38.5 Å². The SMILES string of the molecule is CCOC(=O)CC1CCC(C)=C1C1CCCCC1. The van der Waals surface area contributed by atoms with Crippen LogP contribution >= 0.6 is 0 Å². The fourth-order valence-electron chi connectivity index (χ4n) is 3.77. The highest BCUT2D eigenvalue weighted by molar-refractivity contribution is 5.70. The first-order chi connectivity index (χ1) is 8.72. The van der Waals surface area contributed by atoms with Gasteiger partial charge in [0.25, 0.3) is 0 Å². The molecule has 0 N–H and O–H groups in total. The Morgan fingerprint density at radius 2 is 1.94 bits per heavy atom. The predicted molar refractivity (Wildman–Crippen MR) is 73.2 cm³/mol. The van der Waals surface area contributed by atoms with E-state index < -0.39 is 0 Å². The summed E-state index contributed by atoms with van der Waals surface area (Å²) in [5, 5.41) is 0. The standard InChI is InChI=1S/C16H26O2/c1-3-18-15(17)11-14-10-9-12(2)16(14)13-7-5-4-6-8-13/h13-14H,3-11H2,1-2H3. The summed E-state index contributed by atoms with van der Waals surface area (Å²) in [4.78, 5) is 11.7. The van der Waals surface area contributed by atoms with Crippen LogP contribution in [0.3, 0.4) is 0 Å². The smallest absolute Gasteiger partial charge is 0.306 e. The minimum atomic E-state index is -0.00879. The number of carbonyl (C=O) groups excluding carboxylic acids is 1. The van der Waals surface area contributed by atoms with Gasteiger partial charge in [0.15, 0.2) is 0 Å². The molecule has 0 radical (unpaired) electrons. The molecule has 2 nitrogen and oxygen atoms in total. The number of allylic oxidation sites excluding steroid dienone is 2. The van der Waals surface area contributed by atoms with Crippen LogP contribution in [0, 0.1) is 11.8 Å². The molecule has 0 amide bonds. The highest BCUT2D eigenvalue weighted by Crippen LogP contribution is 2.43. The van der Waals surface area contributed by atoms with E-state index in [4.69, 9.17) is 4.74 Å². The molecule has 1 atom stereocenters. The Kier molecular flexibility index (Phi) is 4.85. The van der Waals surface area contributed by atoms with Crippen LogP contribution < -0.4 is 0 Å². The summed E-state index contributed by atoms with van der Waals surface area (Å²) >= 11 is 0. The molecule has 0 aliphatic heterocycles. The number of esters is 1. The van der Waals surface area contributed by atoms with Crippen LogP contribution in [0.5, 0.6) is 0 Å². The Bertz CT molecular complexity index is 324. The molecule has 0 heterocycles. The second kappa shape index (κ2) is 6.40. The van der Waals surface area contributed by atoms with Crippen molar-refractivity contribution in [2.24, 2.45) is 11.8 Å². The Labute approximate surface area is 111 Å². The molecule has 1 saturated carbocycles. The maximum absolute atomic E-state index is 11.7. The average molecular weight is 250 g/mol. The number of hydrogen-bond acceptors (Lipinski definition) is 2. The van der Waals surface area contributed by atoms with Gasteiger partial charge >= 0.3 is 5.97 Å². The van der Waals surface area contributed by atoms with Crippen molar-refractivity contribution in [1.29, 1.82) is 0 Å². The van der Waals surface area contributed by atoms with E-state index in [-0.39, 0.29) is 5.97 Å². The molecule has 2 aliphatic carbocycles. The fourth-order valence-corrected chi connectivity index (χ4v) is 3.77. The predicted octanol–water partition coefficient (Wildman–Crippen LogP) is 4.25. The molecule has 0 aromatic heterocycles. The Balaban J connectivity index is 2.00. The molecule has 0 aromatic carbocycles. The zero-order valence-electron chi connectivity index (χ0n) is 11.8. The van der Waals surface area contributed by atoms with Gasteiger partial charge in [-0.15, -0.1) is 0 Å². The van der Waals surface area contributed by atoms with Gasteiger partial charge in [-0.05, 0) is 51.4 Å². The Morgan fingerprint density at radius 3 is 2.61 bits per heavy atom. The summed E-state index contributed by atoms with van der Waals surface area (Å²) in [5.41, 5.74) is 3.19. The van der Waals surface area contributed by atoms with Crippen molar-refractivity contribution in [2.75, 3.05) is 6.61 Å². The van der Waals surface area contributed by atoms with Crippen molar-refractivity contribution in [2.45, 2.75) is 65.2 Å². The third-order valence-electron chi connectivity index (χ3n) is 4.56. The second-order valence-electron chi connectivity index (χ2n) is 5.82. The van der Waals surface area contributed by atoms with Gasteiger partial charge in [0.1, 0.15) is 0 Å². The molecule has 1 unspecified atom stereocenters. The molecule has 1 fully saturated rings. The van der Waals surface area contributed by atoms with Gasteiger partial charge in [-0.1, -0.05) is 30.4 Å². The van der Waals surface area contributed by atoms with Gasteiger partial charge in [0.05, 0.1) is 13.0 Å². The summed E-state index contributed by atoms with van der Waals surface area (Å²) in [6, 6.07) is 0. The molecule has 0 saturated heterocycles. The monoisotopic (exact) mass is 250 g/mol. The van der Waals surface area contributed by atoms with Crippen molar-refractivity contribution in [3.05, 3.63) is 11.1 Å². The molecule has 0 bridgehead atoms. The molecule has 18 heavy (non-hydrogen) atoms. The van der Waals surface area contributed by atoms with Gasteiger partial charge in [0, 0.05) is 0 Å². The quantitative estimate of drug-likeness (QED) is 0.551. The Morgan fingerprint density at radius 1 is 1.22 bits per heavy atom. The summed E-state index contributed by atoms with van der Waals surface area (Å²) in [7, 11) is 0. The first-order valence-electron chi connectivity index (χ1n) is 7.57.